The van der Waals surface area contributed by atoms with Gasteiger partial charge in [-0.2, -0.15) is 5.10 Å². The number of carbonyl (C=O) groups excluding carboxylic acids is 1. The molecule has 0 radical (unpaired) electrons. The van der Waals surface area contributed by atoms with Gasteiger partial charge in [-0.1, -0.05) is 6.92 Å². The van der Waals surface area contributed by atoms with E-state index in [-0.39, 0.29) is 18.1 Å². The molecule has 1 aromatic heterocycles. The van der Waals surface area contributed by atoms with Gasteiger partial charge in [0, 0.05) is 19.3 Å². The lowest BCUT2D eigenvalue weighted by molar-refractivity contribution is 0.0517. The summed E-state index contributed by atoms with van der Waals surface area (Å²) in [6.45, 7) is 6.27. The minimum Gasteiger partial charge on any atom is -0.396 e. The molecule has 0 fully saturated rings. The average Bonchev–Trinajstić information content (AvgIpc) is 2.68. The first kappa shape index (κ1) is 13.5. The van der Waals surface area contributed by atoms with Crippen molar-refractivity contribution < 1.29 is 9.90 Å². The standard InChI is InChI=1S/C11H20N4O2/c1-4-11(3,17)7-13-10(16)9-8(12)6-15(5-2)14-9/h6,17H,4-5,7,12H2,1-3H3,(H,13,16). The van der Waals surface area contributed by atoms with Gasteiger partial charge in [0.25, 0.3) is 5.91 Å². The third-order valence-corrected chi connectivity index (χ3v) is 2.72. The molecule has 1 unspecified atom stereocenters. The lowest BCUT2D eigenvalue weighted by Crippen LogP contribution is -2.40. The zero-order valence-corrected chi connectivity index (χ0v) is 10.5. The maximum absolute atomic E-state index is 11.8. The minimum absolute atomic E-state index is 0.181. The van der Waals surface area contributed by atoms with Crippen LogP contribution in [0.3, 0.4) is 0 Å². The van der Waals surface area contributed by atoms with Crippen molar-refractivity contribution in [1.29, 1.82) is 0 Å². The molecule has 1 atom stereocenters. The second kappa shape index (κ2) is 5.18. The average molecular weight is 240 g/mol. The fourth-order valence-corrected chi connectivity index (χ4v) is 1.25. The molecule has 0 aromatic carbocycles. The summed E-state index contributed by atoms with van der Waals surface area (Å²) >= 11 is 0. The number of aliphatic hydroxyl groups is 1. The summed E-state index contributed by atoms with van der Waals surface area (Å²) in [5.74, 6) is -0.358. The van der Waals surface area contributed by atoms with Crippen LogP contribution in [0.4, 0.5) is 5.69 Å². The van der Waals surface area contributed by atoms with Crippen LogP contribution < -0.4 is 11.1 Å². The first-order valence-corrected chi connectivity index (χ1v) is 5.73. The Balaban J connectivity index is 2.67. The molecule has 0 aliphatic heterocycles. The molecule has 1 heterocycles. The van der Waals surface area contributed by atoms with Crippen molar-refractivity contribution in [2.24, 2.45) is 0 Å². The predicted octanol–water partition coefficient (Wildman–Crippen LogP) is 0.376. The van der Waals surface area contributed by atoms with Crippen LogP contribution in [0.1, 0.15) is 37.7 Å². The second-order valence-corrected chi connectivity index (χ2v) is 4.32. The maximum atomic E-state index is 11.8. The van der Waals surface area contributed by atoms with Gasteiger partial charge in [0.1, 0.15) is 0 Å². The molecule has 6 heteroatoms. The minimum atomic E-state index is -0.905. The second-order valence-electron chi connectivity index (χ2n) is 4.32. The summed E-state index contributed by atoms with van der Waals surface area (Å²) in [4.78, 5) is 11.8. The summed E-state index contributed by atoms with van der Waals surface area (Å²) in [6.07, 6.45) is 2.18. The van der Waals surface area contributed by atoms with Crippen LogP contribution in [0.2, 0.25) is 0 Å². The molecule has 0 spiro atoms. The highest BCUT2D eigenvalue weighted by molar-refractivity contribution is 5.97. The lowest BCUT2D eigenvalue weighted by Gasteiger charge is -2.21. The molecule has 1 aromatic rings. The smallest absolute Gasteiger partial charge is 0.274 e. The maximum Gasteiger partial charge on any atom is 0.274 e. The van der Waals surface area contributed by atoms with Crippen LogP contribution in [0.15, 0.2) is 6.20 Å². The summed E-state index contributed by atoms with van der Waals surface area (Å²) in [6, 6.07) is 0. The predicted molar refractivity (Wildman–Crippen MR) is 65.6 cm³/mol. The summed E-state index contributed by atoms with van der Waals surface area (Å²) in [7, 11) is 0. The number of anilines is 1. The quantitative estimate of drug-likeness (QED) is 0.693. The van der Waals surface area contributed by atoms with Gasteiger partial charge in [0.05, 0.1) is 11.3 Å². The Hall–Kier alpha value is -1.56. The zero-order valence-electron chi connectivity index (χ0n) is 10.5. The normalized spacial score (nSPS) is 14.4. The topological polar surface area (TPSA) is 93.2 Å². The van der Waals surface area contributed by atoms with E-state index in [4.69, 9.17) is 5.73 Å². The summed E-state index contributed by atoms with van der Waals surface area (Å²) < 4.78 is 1.60. The van der Waals surface area contributed by atoms with Gasteiger partial charge in [-0.25, -0.2) is 0 Å². The van der Waals surface area contributed by atoms with Crippen LogP contribution >= 0.6 is 0 Å². The molecular weight excluding hydrogens is 220 g/mol. The Morgan fingerprint density at radius 3 is 2.76 bits per heavy atom. The van der Waals surface area contributed by atoms with Gasteiger partial charge in [0.2, 0.25) is 0 Å². The van der Waals surface area contributed by atoms with Crippen molar-refractivity contribution in [2.45, 2.75) is 39.3 Å². The molecule has 17 heavy (non-hydrogen) atoms. The highest BCUT2D eigenvalue weighted by Crippen LogP contribution is 2.10. The molecule has 6 nitrogen and oxygen atoms in total. The fourth-order valence-electron chi connectivity index (χ4n) is 1.25. The van der Waals surface area contributed by atoms with E-state index in [1.165, 1.54) is 0 Å². The first-order valence-electron chi connectivity index (χ1n) is 5.73. The summed E-state index contributed by atoms with van der Waals surface area (Å²) in [5.41, 5.74) is 5.33. The van der Waals surface area contributed by atoms with Crippen LogP contribution in [-0.2, 0) is 6.54 Å². The van der Waals surface area contributed by atoms with Gasteiger partial charge < -0.3 is 16.2 Å². The molecular formula is C11H20N4O2. The number of nitrogen functional groups attached to an aromatic ring is 1. The van der Waals surface area contributed by atoms with Gasteiger partial charge in [-0.15, -0.1) is 0 Å². The van der Waals surface area contributed by atoms with Crippen LogP contribution in [0.5, 0.6) is 0 Å². The number of nitrogens with two attached hydrogens (primary N) is 1. The van der Waals surface area contributed by atoms with Crippen LogP contribution in [0.25, 0.3) is 0 Å². The highest BCUT2D eigenvalue weighted by Gasteiger charge is 2.21. The number of amides is 1. The molecule has 1 amide bonds. The van der Waals surface area contributed by atoms with E-state index in [0.717, 1.165) is 0 Å². The van der Waals surface area contributed by atoms with E-state index < -0.39 is 5.60 Å². The Morgan fingerprint density at radius 1 is 1.65 bits per heavy atom. The van der Waals surface area contributed by atoms with E-state index in [0.29, 0.717) is 18.7 Å². The van der Waals surface area contributed by atoms with Gasteiger partial charge in [0.15, 0.2) is 5.69 Å². The van der Waals surface area contributed by atoms with Crippen LogP contribution in [-0.4, -0.2) is 32.9 Å². The van der Waals surface area contributed by atoms with Crippen molar-refractivity contribution in [3.8, 4) is 0 Å². The molecule has 0 bridgehead atoms. The van der Waals surface area contributed by atoms with Crippen molar-refractivity contribution in [2.75, 3.05) is 12.3 Å². The van der Waals surface area contributed by atoms with Crippen molar-refractivity contribution in [3.05, 3.63) is 11.9 Å². The Labute approximate surface area is 101 Å². The monoisotopic (exact) mass is 240 g/mol. The third-order valence-electron chi connectivity index (χ3n) is 2.72. The Bertz CT molecular complexity index is 398. The number of carbonyl (C=O) groups is 1. The largest absolute Gasteiger partial charge is 0.396 e. The Kier molecular flexibility index (Phi) is 4.11. The van der Waals surface area contributed by atoms with Crippen LogP contribution in [0, 0.1) is 0 Å². The Morgan fingerprint density at radius 2 is 2.29 bits per heavy atom. The van der Waals surface area contributed by atoms with Gasteiger partial charge >= 0.3 is 0 Å². The zero-order chi connectivity index (χ0) is 13.1. The number of rotatable bonds is 5. The van der Waals surface area contributed by atoms with E-state index >= 15 is 0 Å². The number of nitrogens with zero attached hydrogens (tertiary/aromatic N) is 2. The number of aryl methyl sites for hydroxylation is 1. The van der Waals surface area contributed by atoms with Crippen molar-refractivity contribution in [1.82, 2.24) is 15.1 Å². The van der Waals surface area contributed by atoms with Gasteiger partial charge in [-0.05, 0) is 20.3 Å². The van der Waals surface area contributed by atoms with Gasteiger partial charge in [-0.3, -0.25) is 9.48 Å². The van der Waals surface area contributed by atoms with E-state index in [1.54, 1.807) is 17.8 Å². The third kappa shape index (κ3) is 3.45. The number of hydrogen-bond acceptors (Lipinski definition) is 4. The summed E-state index contributed by atoms with van der Waals surface area (Å²) in [5, 5.41) is 16.4. The molecule has 0 aliphatic carbocycles. The highest BCUT2D eigenvalue weighted by atomic mass is 16.3. The number of hydrogen-bond donors (Lipinski definition) is 3. The molecule has 0 aliphatic rings. The number of aromatic nitrogens is 2. The molecule has 0 saturated heterocycles. The molecule has 4 N–H and O–H groups in total. The fraction of sp³-hybridized carbons (Fsp3) is 0.636. The molecule has 96 valence electrons. The SMILES string of the molecule is CCn1cc(N)c(C(=O)NCC(C)(O)CC)n1. The molecule has 0 saturated carbocycles. The molecule has 1 rings (SSSR count). The van der Waals surface area contributed by atoms with Crippen molar-refractivity contribution in [3.63, 3.8) is 0 Å². The van der Waals surface area contributed by atoms with Crippen molar-refractivity contribution >= 4 is 11.6 Å². The number of nitrogens with one attached hydrogen (secondary N) is 1. The van der Waals surface area contributed by atoms with E-state index in [1.807, 2.05) is 13.8 Å². The lowest BCUT2D eigenvalue weighted by atomic mass is 10.0. The van der Waals surface area contributed by atoms with E-state index in [2.05, 4.69) is 10.4 Å². The first-order chi connectivity index (χ1) is 7.89. The van der Waals surface area contributed by atoms with E-state index in [9.17, 15) is 9.90 Å².